The number of aliphatic imine (C=N–C) groups is 1. The minimum absolute atomic E-state index is 0.000576. The molecule has 6 nitrogen and oxygen atoms in total. The zero-order valence-electron chi connectivity index (χ0n) is 20.6. The highest BCUT2D eigenvalue weighted by molar-refractivity contribution is 6.30. The van der Waals surface area contributed by atoms with E-state index in [2.05, 4.69) is 11.7 Å². The smallest absolute Gasteiger partial charge is 0.255 e. The predicted molar refractivity (Wildman–Crippen MR) is 150 cm³/mol. The first-order valence-electron chi connectivity index (χ1n) is 12.1. The van der Waals surface area contributed by atoms with Crippen LogP contribution in [0.25, 0.3) is 28.1 Å². The molecule has 1 aliphatic rings. The summed E-state index contributed by atoms with van der Waals surface area (Å²) in [6.07, 6.45) is 0.745. The molecular formula is C30H27ClN4O2. The molecule has 186 valence electrons. The second-order valence-corrected chi connectivity index (χ2v) is 9.58. The summed E-state index contributed by atoms with van der Waals surface area (Å²) in [5.74, 6) is 0.000576. The van der Waals surface area contributed by atoms with Crippen molar-refractivity contribution in [3.8, 4) is 28.1 Å². The van der Waals surface area contributed by atoms with Crippen molar-refractivity contribution in [2.24, 2.45) is 10.7 Å². The zero-order chi connectivity index (χ0) is 26.1. The molecule has 7 heteroatoms. The van der Waals surface area contributed by atoms with Crippen LogP contribution >= 0.6 is 11.6 Å². The molecule has 4 aromatic rings. The van der Waals surface area contributed by atoms with Gasteiger partial charge in [-0.25, -0.2) is 0 Å². The maximum absolute atomic E-state index is 13.3. The summed E-state index contributed by atoms with van der Waals surface area (Å²) in [7, 11) is 0. The zero-order valence-corrected chi connectivity index (χ0v) is 21.3. The lowest BCUT2D eigenvalue weighted by atomic mass is 9.97. The van der Waals surface area contributed by atoms with Crippen LogP contribution in [0.2, 0.25) is 5.02 Å². The minimum atomic E-state index is -0.170. The molecule has 2 N–H and O–H groups in total. The van der Waals surface area contributed by atoms with Crippen LogP contribution in [0.1, 0.15) is 27.9 Å². The highest BCUT2D eigenvalue weighted by atomic mass is 35.5. The summed E-state index contributed by atoms with van der Waals surface area (Å²) in [5.41, 5.74) is 12.8. The third-order valence-electron chi connectivity index (χ3n) is 6.75. The normalized spacial score (nSPS) is 12.6. The number of halogens is 1. The largest absolute Gasteiger partial charge is 0.334 e. The molecule has 0 saturated carbocycles. The Morgan fingerprint density at radius 1 is 0.946 bits per heavy atom. The fourth-order valence-electron chi connectivity index (χ4n) is 4.88. The summed E-state index contributed by atoms with van der Waals surface area (Å²) in [6, 6.07) is 22.5. The van der Waals surface area contributed by atoms with Crippen LogP contribution < -0.4 is 11.3 Å². The van der Waals surface area contributed by atoms with Crippen LogP contribution in [-0.2, 0) is 6.54 Å². The number of amides is 1. The van der Waals surface area contributed by atoms with Gasteiger partial charge in [-0.3, -0.25) is 19.1 Å². The van der Waals surface area contributed by atoms with E-state index in [1.165, 1.54) is 0 Å². The van der Waals surface area contributed by atoms with Gasteiger partial charge in [0.05, 0.1) is 11.4 Å². The molecule has 2 heterocycles. The number of nitrogens with two attached hydrogens (primary N) is 1. The summed E-state index contributed by atoms with van der Waals surface area (Å²) < 4.78 is 1.69. The van der Waals surface area contributed by atoms with Gasteiger partial charge in [0.25, 0.3) is 11.5 Å². The van der Waals surface area contributed by atoms with Crippen LogP contribution in [-0.4, -0.2) is 35.2 Å². The van der Waals surface area contributed by atoms with E-state index in [1.807, 2.05) is 73.7 Å². The number of aromatic nitrogens is 1. The summed E-state index contributed by atoms with van der Waals surface area (Å²) >= 11 is 6.09. The number of rotatable bonds is 7. The van der Waals surface area contributed by atoms with E-state index in [4.69, 9.17) is 17.3 Å². The van der Waals surface area contributed by atoms with E-state index in [-0.39, 0.29) is 11.5 Å². The van der Waals surface area contributed by atoms with Crippen molar-refractivity contribution in [2.75, 3.05) is 13.1 Å². The molecule has 1 aliphatic heterocycles. The molecule has 0 atom stereocenters. The molecule has 0 radical (unpaired) electrons. The van der Waals surface area contributed by atoms with E-state index in [9.17, 15) is 9.59 Å². The minimum Gasteiger partial charge on any atom is -0.334 e. The number of aryl methyl sites for hydroxylation is 1. The number of pyridine rings is 1. The Morgan fingerprint density at radius 3 is 2.43 bits per heavy atom. The van der Waals surface area contributed by atoms with Gasteiger partial charge >= 0.3 is 0 Å². The lowest BCUT2D eigenvalue weighted by Crippen LogP contribution is -2.26. The Kier molecular flexibility index (Phi) is 6.78. The van der Waals surface area contributed by atoms with Gasteiger partial charge in [-0.05, 0) is 91.3 Å². The fourth-order valence-corrected chi connectivity index (χ4v) is 5.01. The molecule has 0 bridgehead atoms. The van der Waals surface area contributed by atoms with E-state index in [0.717, 1.165) is 39.9 Å². The number of fused-ring (bicyclic) bond motifs is 1. The Balaban J connectivity index is 1.66. The average Bonchev–Trinajstić information content (AvgIpc) is 3.23. The van der Waals surface area contributed by atoms with Crippen molar-refractivity contribution in [2.45, 2.75) is 19.9 Å². The highest BCUT2D eigenvalue weighted by Gasteiger charge is 2.27. The van der Waals surface area contributed by atoms with E-state index < -0.39 is 0 Å². The Bertz CT molecular complexity index is 1570. The van der Waals surface area contributed by atoms with E-state index in [1.54, 1.807) is 15.5 Å². The molecule has 0 unspecified atom stereocenters. The highest BCUT2D eigenvalue weighted by Crippen LogP contribution is 2.37. The van der Waals surface area contributed by atoms with Crippen LogP contribution in [0.3, 0.4) is 0 Å². The summed E-state index contributed by atoms with van der Waals surface area (Å²) in [5, 5.41) is 0.665. The molecule has 0 aliphatic carbocycles. The molecule has 0 fully saturated rings. The molecule has 5 rings (SSSR count). The van der Waals surface area contributed by atoms with Crippen molar-refractivity contribution >= 4 is 29.9 Å². The van der Waals surface area contributed by atoms with Gasteiger partial charge in [-0.1, -0.05) is 35.9 Å². The Labute approximate surface area is 220 Å². The van der Waals surface area contributed by atoms with Gasteiger partial charge in [0.1, 0.15) is 0 Å². The quantitative estimate of drug-likeness (QED) is 0.320. The van der Waals surface area contributed by atoms with Gasteiger partial charge in [-0.15, -0.1) is 0 Å². The van der Waals surface area contributed by atoms with Crippen LogP contribution in [0, 0.1) is 6.92 Å². The van der Waals surface area contributed by atoms with Crippen LogP contribution in [0.4, 0.5) is 5.69 Å². The first kappa shape index (κ1) is 24.7. The van der Waals surface area contributed by atoms with Crippen molar-refractivity contribution < 1.29 is 4.79 Å². The van der Waals surface area contributed by atoms with Gasteiger partial charge in [0.15, 0.2) is 0 Å². The molecule has 0 spiro atoms. The SMILES string of the molecule is C=Nc1ccc(-c2ccc(Cl)cc2)cc1-c1c(C)ccc(=O)n1-c1ccc2c(c1)CN(CCCN)C2=O. The van der Waals surface area contributed by atoms with Gasteiger partial charge in [0, 0.05) is 41.0 Å². The monoisotopic (exact) mass is 510 g/mol. The lowest BCUT2D eigenvalue weighted by Gasteiger charge is -2.18. The predicted octanol–water partition coefficient (Wildman–Crippen LogP) is 5.77. The number of hydrogen-bond acceptors (Lipinski definition) is 4. The van der Waals surface area contributed by atoms with Gasteiger partial charge < -0.3 is 10.6 Å². The van der Waals surface area contributed by atoms with Crippen LogP contribution in [0.15, 0.2) is 82.6 Å². The van der Waals surface area contributed by atoms with Crippen LogP contribution in [0.5, 0.6) is 0 Å². The first-order chi connectivity index (χ1) is 17.9. The lowest BCUT2D eigenvalue weighted by molar-refractivity contribution is 0.0777. The van der Waals surface area contributed by atoms with Gasteiger partial charge in [0.2, 0.25) is 0 Å². The third kappa shape index (κ3) is 4.61. The number of hydrogen-bond donors (Lipinski definition) is 1. The second kappa shape index (κ2) is 10.2. The number of benzene rings is 3. The maximum Gasteiger partial charge on any atom is 0.255 e. The number of nitrogens with zero attached hydrogens (tertiary/aromatic N) is 3. The summed E-state index contributed by atoms with van der Waals surface area (Å²) in [4.78, 5) is 32.2. The van der Waals surface area contributed by atoms with E-state index in [0.29, 0.717) is 41.6 Å². The molecular weight excluding hydrogens is 484 g/mol. The van der Waals surface area contributed by atoms with Crippen molar-refractivity contribution in [3.05, 3.63) is 105 Å². The molecule has 1 aromatic heterocycles. The number of carbonyl (C=O) groups excluding carboxylic acids is 1. The van der Waals surface area contributed by atoms with Gasteiger partial charge in [-0.2, -0.15) is 0 Å². The van der Waals surface area contributed by atoms with Crippen molar-refractivity contribution in [1.29, 1.82) is 0 Å². The van der Waals surface area contributed by atoms with Crippen molar-refractivity contribution in [1.82, 2.24) is 9.47 Å². The number of carbonyl (C=O) groups is 1. The van der Waals surface area contributed by atoms with Crippen molar-refractivity contribution in [3.63, 3.8) is 0 Å². The van der Waals surface area contributed by atoms with E-state index >= 15 is 0 Å². The third-order valence-corrected chi connectivity index (χ3v) is 7.00. The average molecular weight is 511 g/mol. The second-order valence-electron chi connectivity index (χ2n) is 9.15. The maximum atomic E-state index is 13.3. The molecule has 3 aromatic carbocycles. The molecule has 37 heavy (non-hydrogen) atoms. The summed E-state index contributed by atoms with van der Waals surface area (Å²) in [6.45, 7) is 7.38. The fraction of sp³-hybridized carbons (Fsp3) is 0.167. The first-order valence-corrected chi connectivity index (χ1v) is 12.5. The molecule has 0 saturated heterocycles. The Hall–Kier alpha value is -4.00. The molecule has 1 amide bonds. The topological polar surface area (TPSA) is 80.7 Å². The standard InChI is InChI=1S/C30H27ClN4O2/c1-19-4-13-28(36)35(24-10-11-25-22(16-24)18-34(30(25)37)15-3-14-32)29(19)26-17-21(7-12-27(26)33-2)20-5-8-23(31)9-6-20/h4-13,16-17H,2-3,14-15,18,32H2,1H3. The Morgan fingerprint density at radius 2 is 1.70 bits per heavy atom.